The number of hydrogen-bond donors (Lipinski definition) is 4. The van der Waals surface area contributed by atoms with E-state index in [0.717, 1.165) is 4.90 Å². The topological polar surface area (TPSA) is 137 Å². The van der Waals surface area contributed by atoms with Crippen molar-refractivity contribution in [1.29, 1.82) is 0 Å². The smallest absolute Gasteiger partial charge is 0.408 e. The number of alkyl carbamates (subject to hydrolysis) is 1. The number of nitrogens with zero attached hydrogens (tertiary/aromatic N) is 1. The van der Waals surface area contributed by atoms with Crippen LogP contribution in [0.3, 0.4) is 0 Å². The van der Waals surface area contributed by atoms with Gasteiger partial charge in [-0.1, -0.05) is 12.1 Å². The van der Waals surface area contributed by atoms with Gasteiger partial charge in [-0.25, -0.2) is 4.79 Å². The number of nitrogens with one attached hydrogen (secondary N) is 2. The van der Waals surface area contributed by atoms with Gasteiger partial charge in [-0.15, -0.1) is 0 Å². The summed E-state index contributed by atoms with van der Waals surface area (Å²) in [6, 6.07) is 9.96. The molecule has 34 heavy (non-hydrogen) atoms. The first kappa shape index (κ1) is 26.5. The van der Waals surface area contributed by atoms with E-state index in [0.29, 0.717) is 17.0 Å². The number of rotatable bonds is 8. The van der Waals surface area contributed by atoms with Crippen molar-refractivity contribution >= 4 is 23.6 Å². The van der Waals surface area contributed by atoms with Crippen LogP contribution < -0.4 is 15.4 Å². The number of aliphatic hydroxyl groups excluding tert-OH is 1. The van der Waals surface area contributed by atoms with Crippen LogP contribution in [0.15, 0.2) is 48.5 Å². The molecule has 184 valence electrons. The molecule has 4 N–H and O–H groups in total. The van der Waals surface area contributed by atoms with Crippen LogP contribution in [0.1, 0.15) is 32.4 Å². The average Bonchev–Trinajstić information content (AvgIpc) is 2.77. The number of benzene rings is 2. The summed E-state index contributed by atoms with van der Waals surface area (Å²) in [5.41, 5.74) is 0.0842. The van der Waals surface area contributed by atoms with Crippen molar-refractivity contribution in [2.24, 2.45) is 0 Å². The van der Waals surface area contributed by atoms with Crippen LogP contribution in [-0.4, -0.2) is 65.4 Å². The summed E-state index contributed by atoms with van der Waals surface area (Å²) in [7, 11) is 2.91. The Morgan fingerprint density at radius 2 is 1.62 bits per heavy atom. The lowest BCUT2D eigenvalue weighted by molar-refractivity contribution is -0.139. The maximum Gasteiger partial charge on any atom is 0.408 e. The summed E-state index contributed by atoms with van der Waals surface area (Å²) in [4.78, 5) is 39.6. The highest BCUT2D eigenvalue weighted by atomic mass is 16.6. The summed E-state index contributed by atoms with van der Waals surface area (Å²) in [5, 5.41) is 24.5. The summed E-state index contributed by atoms with van der Waals surface area (Å²) in [6.45, 7) is 4.29. The molecule has 0 aliphatic heterocycles. The number of carbonyl (C=O) groups excluding carboxylic acids is 3. The third-order valence-corrected chi connectivity index (χ3v) is 4.72. The Morgan fingerprint density at radius 3 is 2.12 bits per heavy atom. The molecule has 2 aromatic carbocycles. The van der Waals surface area contributed by atoms with Crippen molar-refractivity contribution in [1.82, 2.24) is 10.2 Å². The fraction of sp³-hybridized carbons (Fsp3) is 0.375. The van der Waals surface area contributed by atoms with Crippen molar-refractivity contribution in [2.45, 2.75) is 38.5 Å². The fourth-order valence-corrected chi connectivity index (χ4v) is 3.10. The molecule has 0 radical (unpaired) electrons. The van der Waals surface area contributed by atoms with Gasteiger partial charge in [-0.3, -0.25) is 9.59 Å². The van der Waals surface area contributed by atoms with Gasteiger partial charge in [0.2, 0.25) is 5.91 Å². The monoisotopic (exact) mass is 473 g/mol. The molecule has 2 rings (SSSR count). The molecule has 2 aromatic rings. The van der Waals surface area contributed by atoms with Crippen LogP contribution in [0.2, 0.25) is 0 Å². The van der Waals surface area contributed by atoms with E-state index in [-0.39, 0.29) is 5.75 Å². The number of amides is 3. The zero-order valence-corrected chi connectivity index (χ0v) is 19.9. The van der Waals surface area contributed by atoms with Gasteiger partial charge in [-0.05, 0) is 62.7 Å². The first-order valence-corrected chi connectivity index (χ1v) is 10.6. The highest BCUT2D eigenvalue weighted by Gasteiger charge is 2.34. The third kappa shape index (κ3) is 7.38. The number of phenols is 1. The van der Waals surface area contributed by atoms with E-state index in [1.807, 2.05) is 0 Å². The molecule has 0 heterocycles. The van der Waals surface area contributed by atoms with E-state index < -0.39 is 42.2 Å². The van der Waals surface area contributed by atoms with Gasteiger partial charge in [-0.2, -0.15) is 0 Å². The van der Waals surface area contributed by atoms with Gasteiger partial charge in [0.25, 0.3) is 5.91 Å². The molecule has 3 amide bonds. The number of hydrogen-bond acceptors (Lipinski definition) is 7. The average molecular weight is 474 g/mol. The number of phenolic OH excluding ortho intramolecular Hbond substituents is 1. The lowest BCUT2D eigenvalue weighted by atomic mass is 10.0. The largest absolute Gasteiger partial charge is 0.508 e. The molecule has 0 aliphatic rings. The number of likely N-dealkylation sites (N-methyl/N-ethyl adjacent to an activating group) is 1. The first-order chi connectivity index (χ1) is 15.9. The molecule has 0 saturated carbocycles. The van der Waals surface area contributed by atoms with Crippen molar-refractivity contribution in [3.63, 3.8) is 0 Å². The minimum atomic E-state index is -1.34. The Bertz CT molecular complexity index is 985. The number of carbonyl (C=O) groups is 3. The Balaban J connectivity index is 2.29. The van der Waals surface area contributed by atoms with Crippen molar-refractivity contribution < 1.29 is 34.1 Å². The second-order valence-electron chi connectivity index (χ2n) is 8.54. The Kier molecular flexibility index (Phi) is 8.85. The first-order valence-electron chi connectivity index (χ1n) is 10.6. The second kappa shape index (κ2) is 11.4. The van der Waals surface area contributed by atoms with Gasteiger partial charge < -0.3 is 35.2 Å². The molecule has 0 fully saturated rings. The molecule has 10 nitrogen and oxygen atoms in total. The summed E-state index contributed by atoms with van der Waals surface area (Å²) in [5.74, 6) is -0.650. The molecule has 2 unspecified atom stereocenters. The molecule has 0 saturated heterocycles. The minimum Gasteiger partial charge on any atom is -0.508 e. The van der Waals surface area contributed by atoms with E-state index in [1.54, 1.807) is 45.0 Å². The fourth-order valence-electron chi connectivity index (χ4n) is 3.10. The van der Waals surface area contributed by atoms with Crippen LogP contribution in [0, 0.1) is 0 Å². The predicted molar refractivity (Wildman–Crippen MR) is 125 cm³/mol. The maximum absolute atomic E-state index is 13.2. The summed E-state index contributed by atoms with van der Waals surface area (Å²) in [6.07, 6.45) is -0.878. The highest BCUT2D eigenvalue weighted by molar-refractivity contribution is 5.99. The Morgan fingerprint density at radius 1 is 1.03 bits per heavy atom. The Labute approximate surface area is 198 Å². The SMILES string of the molecule is COc1ccc(NC(=O)C(c2ccc(O)cc2)N(C)C(=O)C(CO)NC(=O)OC(C)(C)C)cc1. The number of methoxy groups -OCH3 is 1. The van der Waals surface area contributed by atoms with Crippen LogP contribution in [0.5, 0.6) is 11.5 Å². The van der Waals surface area contributed by atoms with Gasteiger partial charge >= 0.3 is 6.09 Å². The lowest BCUT2D eigenvalue weighted by Gasteiger charge is -2.31. The quantitative estimate of drug-likeness (QED) is 0.462. The van der Waals surface area contributed by atoms with Crippen molar-refractivity contribution in [3.05, 3.63) is 54.1 Å². The number of ether oxygens (including phenoxy) is 2. The van der Waals surface area contributed by atoms with Crippen LogP contribution in [0.4, 0.5) is 10.5 Å². The maximum atomic E-state index is 13.2. The van der Waals surface area contributed by atoms with E-state index in [9.17, 15) is 24.6 Å². The van der Waals surface area contributed by atoms with Crippen LogP contribution >= 0.6 is 0 Å². The molecule has 0 bridgehead atoms. The molecule has 0 aliphatic carbocycles. The van der Waals surface area contributed by atoms with E-state index in [4.69, 9.17) is 9.47 Å². The standard InChI is InChI=1S/C24H31N3O7/c1-24(2,3)34-23(32)26-19(14-28)22(31)27(4)20(15-6-10-17(29)11-7-15)21(30)25-16-8-12-18(33-5)13-9-16/h6-13,19-20,28-29H,14H2,1-5H3,(H,25,30)(H,26,32). The van der Waals surface area contributed by atoms with Crippen LogP contribution in [-0.2, 0) is 14.3 Å². The van der Waals surface area contributed by atoms with E-state index >= 15 is 0 Å². The third-order valence-electron chi connectivity index (χ3n) is 4.72. The van der Waals surface area contributed by atoms with Gasteiger partial charge in [0.15, 0.2) is 0 Å². The summed E-state index contributed by atoms with van der Waals surface area (Å²) < 4.78 is 10.3. The number of aromatic hydroxyl groups is 1. The number of anilines is 1. The molecule has 0 spiro atoms. The number of aliphatic hydroxyl groups is 1. The zero-order valence-electron chi connectivity index (χ0n) is 19.9. The van der Waals surface area contributed by atoms with E-state index in [2.05, 4.69) is 10.6 Å². The Hall–Kier alpha value is -3.79. The molecule has 0 aromatic heterocycles. The predicted octanol–water partition coefficient (Wildman–Crippen LogP) is 2.42. The normalized spacial score (nSPS) is 12.8. The second-order valence-corrected chi connectivity index (χ2v) is 8.54. The zero-order chi connectivity index (χ0) is 25.5. The van der Waals surface area contributed by atoms with Gasteiger partial charge in [0.05, 0.1) is 13.7 Å². The van der Waals surface area contributed by atoms with Crippen molar-refractivity contribution in [3.8, 4) is 11.5 Å². The molecule has 2 atom stereocenters. The van der Waals surface area contributed by atoms with Gasteiger partial charge in [0.1, 0.15) is 29.2 Å². The summed E-state index contributed by atoms with van der Waals surface area (Å²) >= 11 is 0. The van der Waals surface area contributed by atoms with Crippen LogP contribution in [0.25, 0.3) is 0 Å². The highest BCUT2D eigenvalue weighted by Crippen LogP contribution is 2.25. The van der Waals surface area contributed by atoms with E-state index in [1.165, 1.54) is 38.4 Å². The molecule has 10 heteroatoms. The molecular weight excluding hydrogens is 442 g/mol. The molecular formula is C24H31N3O7. The minimum absolute atomic E-state index is 0.00753. The van der Waals surface area contributed by atoms with Gasteiger partial charge in [0, 0.05) is 12.7 Å². The van der Waals surface area contributed by atoms with Crippen molar-refractivity contribution in [2.75, 3.05) is 26.1 Å². The lowest BCUT2D eigenvalue weighted by Crippen LogP contribution is -2.52.